The topological polar surface area (TPSA) is 74.0 Å². The molecule has 4 atom stereocenters. The maximum absolute atomic E-state index is 12.9. The predicted octanol–water partition coefficient (Wildman–Crippen LogP) is 4.29. The molecule has 2 aliphatic heterocycles. The average molecular weight is 557 g/mol. The number of phenolic OH excluding ortho intramolecular Hbond substituents is 1. The molecule has 1 saturated carbocycles. The van der Waals surface area contributed by atoms with E-state index in [9.17, 15) is 10.2 Å². The van der Waals surface area contributed by atoms with Crippen LogP contribution in [0.3, 0.4) is 0 Å². The van der Waals surface area contributed by atoms with Gasteiger partial charge in [0.1, 0.15) is 5.75 Å². The summed E-state index contributed by atoms with van der Waals surface area (Å²) in [5, 5.41) is 28.1. The number of piperidine rings is 1. The number of benzene rings is 2. The zero-order valence-electron chi connectivity index (χ0n) is 24.3. The van der Waals surface area contributed by atoms with E-state index in [1.54, 1.807) is 0 Å². The molecule has 7 rings (SSSR count). The van der Waals surface area contributed by atoms with E-state index in [1.165, 1.54) is 29.5 Å². The number of nitrogens with zero attached hydrogens (tertiary/aromatic N) is 4. The van der Waals surface area contributed by atoms with Crippen molar-refractivity contribution in [3.63, 3.8) is 0 Å². The molecule has 3 heterocycles. The molecule has 4 aliphatic rings. The zero-order valence-corrected chi connectivity index (χ0v) is 24.3. The molecule has 2 aromatic carbocycles. The van der Waals surface area contributed by atoms with E-state index in [1.807, 2.05) is 29.1 Å². The summed E-state index contributed by atoms with van der Waals surface area (Å²) in [7, 11) is 0. The van der Waals surface area contributed by atoms with Crippen LogP contribution in [0.4, 0.5) is 0 Å². The van der Waals surface area contributed by atoms with E-state index in [0.717, 1.165) is 69.9 Å². The largest absolute Gasteiger partial charge is 0.508 e. The summed E-state index contributed by atoms with van der Waals surface area (Å²) in [5.41, 5.74) is 3.65. The molecule has 0 spiro atoms. The van der Waals surface area contributed by atoms with Gasteiger partial charge in [-0.1, -0.05) is 36.4 Å². The lowest BCUT2D eigenvalue weighted by Gasteiger charge is -2.61. The molecule has 2 bridgehead atoms. The Morgan fingerprint density at radius 3 is 2.63 bits per heavy atom. The van der Waals surface area contributed by atoms with Crippen LogP contribution in [0, 0.1) is 12.8 Å². The lowest BCUT2D eigenvalue weighted by Crippen LogP contribution is -2.71. The lowest BCUT2D eigenvalue weighted by atomic mass is 9.52. The van der Waals surface area contributed by atoms with Gasteiger partial charge in [0.2, 0.25) is 0 Å². The van der Waals surface area contributed by atoms with Gasteiger partial charge in [-0.05, 0) is 98.8 Å². The molecular formula is C34H44N4O3. The summed E-state index contributed by atoms with van der Waals surface area (Å²) in [6, 6.07) is 16.5. The number of fused-ring (bicyclic) bond motifs is 1. The van der Waals surface area contributed by atoms with Gasteiger partial charge in [-0.15, -0.1) is 0 Å². The number of likely N-dealkylation sites (tertiary alicyclic amines) is 2. The zero-order chi connectivity index (χ0) is 28.0. The van der Waals surface area contributed by atoms with Crippen LogP contribution in [0.5, 0.6) is 5.75 Å². The molecular weight excluding hydrogens is 512 g/mol. The molecule has 1 aromatic heterocycles. The molecule has 2 aliphatic carbocycles. The predicted molar refractivity (Wildman–Crippen MR) is 159 cm³/mol. The minimum Gasteiger partial charge on any atom is -0.508 e. The summed E-state index contributed by atoms with van der Waals surface area (Å²) in [6.45, 7) is 7.85. The molecule has 0 radical (unpaired) electrons. The third-order valence-corrected chi connectivity index (χ3v) is 10.6. The fourth-order valence-electron chi connectivity index (χ4n) is 8.19. The standard InChI is InChI=1S/C34H44N4O3/c1-25-19-35-38(20-25)22-29(24-41-23-27-5-3-2-4-6-27)36-14-11-33-12-15-37(21-26-7-8-26)32(34(33,40)13-16-36)17-28-9-10-30(39)18-31(28)33/h2-6,9-10,18-20,26,29,32,39-40H,7-8,11-17,21-24H2,1H3/t29-,32+,33-,34+/m0/s1. The summed E-state index contributed by atoms with van der Waals surface area (Å²) in [5.74, 6) is 1.10. The van der Waals surface area contributed by atoms with Crippen LogP contribution in [0.1, 0.15) is 54.4 Å². The second kappa shape index (κ2) is 10.8. The summed E-state index contributed by atoms with van der Waals surface area (Å²) >= 11 is 0. The van der Waals surface area contributed by atoms with Crippen molar-refractivity contribution < 1.29 is 14.9 Å². The van der Waals surface area contributed by atoms with Crippen molar-refractivity contribution in [3.05, 3.63) is 83.2 Å². The summed E-state index contributed by atoms with van der Waals surface area (Å²) in [6.07, 6.45) is 10.1. The van der Waals surface area contributed by atoms with Crippen LogP contribution in [0.2, 0.25) is 0 Å². The molecule has 3 fully saturated rings. The number of rotatable bonds is 9. The first-order valence-corrected chi connectivity index (χ1v) is 15.6. The van der Waals surface area contributed by atoms with Gasteiger partial charge >= 0.3 is 0 Å². The number of aromatic hydroxyl groups is 1. The highest BCUT2D eigenvalue weighted by Gasteiger charge is 2.63. The Kier molecular flexibility index (Phi) is 7.18. The van der Waals surface area contributed by atoms with Crippen molar-refractivity contribution in [2.24, 2.45) is 5.92 Å². The Morgan fingerprint density at radius 1 is 1.05 bits per heavy atom. The number of aliphatic hydroxyl groups is 1. The summed E-state index contributed by atoms with van der Waals surface area (Å²) in [4.78, 5) is 5.17. The van der Waals surface area contributed by atoms with E-state index >= 15 is 0 Å². The van der Waals surface area contributed by atoms with Crippen molar-refractivity contribution in [3.8, 4) is 5.75 Å². The third-order valence-electron chi connectivity index (χ3n) is 10.6. The van der Waals surface area contributed by atoms with Gasteiger partial charge in [-0.25, -0.2) is 0 Å². The van der Waals surface area contributed by atoms with Crippen molar-refractivity contribution in [1.29, 1.82) is 0 Å². The SMILES string of the molecule is Cc1cnn(C[C@@H](COCc2ccccc2)N2CC[C@]34CCN(CC5CC5)[C@H](Cc5ccc(O)cc53)[C@]4(O)CC2)c1. The van der Waals surface area contributed by atoms with E-state index in [0.29, 0.717) is 19.0 Å². The minimum atomic E-state index is -0.826. The van der Waals surface area contributed by atoms with Gasteiger partial charge in [-0.3, -0.25) is 14.5 Å². The van der Waals surface area contributed by atoms with Crippen molar-refractivity contribution in [1.82, 2.24) is 19.6 Å². The fourth-order valence-corrected chi connectivity index (χ4v) is 8.19. The highest BCUT2D eigenvalue weighted by Crippen LogP contribution is 2.56. The number of hydrogen-bond donors (Lipinski definition) is 2. The Hall–Kier alpha value is -2.71. The Morgan fingerprint density at radius 2 is 1.85 bits per heavy atom. The minimum absolute atomic E-state index is 0.121. The normalized spacial score (nSPS) is 29.0. The lowest BCUT2D eigenvalue weighted by molar-refractivity contribution is -0.149. The van der Waals surface area contributed by atoms with E-state index < -0.39 is 5.60 Å². The monoisotopic (exact) mass is 556 g/mol. The number of phenols is 1. The van der Waals surface area contributed by atoms with Gasteiger partial charge < -0.3 is 14.9 Å². The van der Waals surface area contributed by atoms with Gasteiger partial charge in [0.15, 0.2) is 0 Å². The van der Waals surface area contributed by atoms with Crippen molar-refractivity contribution >= 4 is 0 Å². The molecule has 7 nitrogen and oxygen atoms in total. The van der Waals surface area contributed by atoms with Gasteiger partial charge in [-0.2, -0.15) is 5.10 Å². The third kappa shape index (κ3) is 5.11. The Balaban J connectivity index is 1.18. The fraction of sp³-hybridized carbons (Fsp3) is 0.559. The first-order chi connectivity index (χ1) is 19.9. The highest BCUT2D eigenvalue weighted by atomic mass is 16.5. The molecule has 7 heteroatoms. The first-order valence-electron chi connectivity index (χ1n) is 15.6. The van der Waals surface area contributed by atoms with Crippen LogP contribution < -0.4 is 0 Å². The molecule has 3 aromatic rings. The van der Waals surface area contributed by atoms with Crippen LogP contribution in [-0.2, 0) is 29.7 Å². The van der Waals surface area contributed by atoms with Crippen LogP contribution >= 0.6 is 0 Å². The number of ether oxygens (including phenoxy) is 1. The average Bonchev–Trinajstić information content (AvgIpc) is 3.72. The first kappa shape index (κ1) is 27.1. The Labute approximate surface area is 243 Å². The maximum Gasteiger partial charge on any atom is 0.115 e. The van der Waals surface area contributed by atoms with Crippen molar-refractivity contribution in [2.45, 2.75) is 81.7 Å². The summed E-state index contributed by atoms with van der Waals surface area (Å²) < 4.78 is 8.38. The van der Waals surface area contributed by atoms with Gasteiger partial charge in [0, 0.05) is 30.7 Å². The molecule has 2 saturated heterocycles. The van der Waals surface area contributed by atoms with E-state index in [4.69, 9.17) is 4.74 Å². The molecule has 0 amide bonds. The van der Waals surface area contributed by atoms with Crippen LogP contribution in [0.15, 0.2) is 60.9 Å². The molecule has 41 heavy (non-hydrogen) atoms. The van der Waals surface area contributed by atoms with E-state index in [2.05, 4.69) is 58.4 Å². The molecule has 218 valence electrons. The molecule has 0 unspecified atom stereocenters. The number of aryl methyl sites for hydroxylation is 1. The van der Waals surface area contributed by atoms with E-state index in [-0.39, 0.29) is 17.5 Å². The quantitative estimate of drug-likeness (QED) is 0.410. The second-order valence-electron chi connectivity index (χ2n) is 13.2. The number of aromatic nitrogens is 2. The Bertz CT molecular complexity index is 1360. The number of hydrogen-bond acceptors (Lipinski definition) is 6. The van der Waals surface area contributed by atoms with Crippen molar-refractivity contribution in [2.75, 3.05) is 32.8 Å². The maximum atomic E-state index is 12.9. The van der Waals surface area contributed by atoms with Crippen LogP contribution in [-0.4, -0.2) is 80.3 Å². The highest BCUT2D eigenvalue weighted by molar-refractivity contribution is 5.48. The molecule has 2 N–H and O–H groups in total. The van der Waals surface area contributed by atoms with Gasteiger partial charge in [0.25, 0.3) is 0 Å². The smallest absolute Gasteiger partial charge is 0.115 e. The second-order valence-corrected chi connectivity index (χ2v) is 13.2. The van der Waals surface area contributed by atoms with Gasteiger partial charge in [0.05, 0.1) is 37.6 Å². The van der Waals surface area contributed by atoms with Crippen LogP contribution in [0.25, 0.3) is 0 Å².